The quantitative estimate of drug-likeness (QED) is 0.347. The topological polar surface area (TPSA) is 9.23 Å². The SMILES string of the molecule is CC(=C/[C@H](C)C/C(C)=C/I)/C=C/[C@H]1CC=C[C@H](C)O1. The molecule has 1 rings (SSSR count). The van der Waals surface area contributed by atoms with E-state index in [-0.39, 0.29) is 12.2 Å². The summed E-state index contributed by atoms with van der Waals surface area (Å²) in [5, 5.41) is 0. The monoisotopic (exact) mass is 372 g/mol. The Morgan fingerprint density at radius 1 is 1.47 bits per heavy atom. The second-order valence-electron chi connectivity index (χ2n) is 5.45. The first-order chi connectivity index (χ1) is 9.01. The molecule has 0 aliphatic carbocycles. The highest BCUT2D eigenvalue weighted by Gasteiger charge is 2.11. The smallest absolute Gasteiger partial charge is 0.0801 e. The Kier molecular flexibility index (Phi) is 7.69. The predicted molar refractivity (Wildman–Crippen MR) is 92.5 cm³/mol. The lowest BCUT2D eigenvalue weighted by Crippen LogP contribution is -2.19. The van der Waals surface area contributed by atoms with Crippen molar-refractivity contribution in [2.75, 3.05) is 0 Å². The van der Waals surface area contributed by atoms with E-state index < -0.39 is 0 Å². The minimum atomic E-state index is 0.231. The third-order valence-corrected chi connectivity index (χ3v) is 4.18. The lowest BCUT2D eigenvalue weighted by molar-refractivity contribution is 0.0448. The Bertz CT molecular complexity index is 390. The summed E-state index contributed by atoms with van der Waals surface area (Å²) in [6.45, 7) is 8.70. The standard InChI is InChI=1S/C17H25IO/c1-13(10-14(2)11-15(3)12-18)8-9-17-7-5-6-16(4)19-17/h5-6,8-10,12,14,16-17H,7,11H2,1-4H3/b9-8+,13-10-,15-12+/t14-,16-,17+/m0/s1. The zero-order chi connectivity index (χ0) is 14.3. The van der Waals surface area contributed by atoms with E-state index in [1.54, 1.807) is 0 Å². The van der Waals surface area contributed by atoms with E-state index in [4.69, 9.17) is 4.74 Å². The molecule has 0 aromatic rings. The fourth-order valence-corrected chi connectivity index (χ4v) is 2.53. The number of hydrogen-bond acceptors (Lipinski definition) is 1. The highest BCUT2D eigenvalue weighted by molar-refractivity contribution is 14.1. The van der Waals surface area contributed by atoms with E-state index in [0.717, 1.165) is 12.8 Å². The summed E-state index contributed by atoms with van der Waals surface area (Å²) < 4.78 is 7.98. The number of hydrogen-bond donors (Lipinski definition) is 0. The molecule has 0 amide bonds. The van der Waals surface area contributed by atoms with Gasteiger partial charge in [-0.2, -0.15) is 0 Å². The van der Waals surface area contributed by atoms with Crippen molar-refractivity contribution < 1.29 is 4.74 Å². The Labute approximate surface area is 131 Å². The van der Waals surface area contributed by atoms with Crippen LogP contribution in [0.15, 0.2) is 45.6 Å². The van der Waals surface area contributed by atoms with E-state index >= 15 is 0 Å². The summed E-state index contributed by atoms with van der Waals surface area (Å²) in [6.07, 6.45) is 13.6. The number of allylic oxidation sites excluding steroid dienone is 4. The highest BCUT2D eigenvalue weighted by atomic mass is 127. The third-order valence-electron chi connectivity index (χ3n) is 3.12. The van der Waals surface area contributed by atoms with Crippen LogP contribution in [0.2, 0.25) is 0 Å². The maximum atomic E-state index is 5.81. The van der Waals surface area contributed by atoms with E-state index in [1.807, 2.05) is 0 Å². The molecule has 1 heterocycles. The van der Waals surface area contributed by atoms with Gasteiger partial charge in [-0.3, -0.25) is 0 Å². The van der Waals surface area contributed by atoms with E-state index in [0.29, 0.717) is 5.92 Å². The molecule has 0 unspecified atom stereocenters. The van der Waals surface area contributed by atoms with Crippen LogP contribution in [0.1, 0.15) is 40.5 Å². The molecular formula is C17H25IO. The second-order valence-corrected chi connectivity index (χ2v) is 6.07. The van der Waals surface area contributed by atoms with Gasteiger partial charge >= 0.3 is 0 Å². The molecule has 0 saturated carbocycles. The Balaban J connectivity index is 2.49. The molecule has 106 valence electrons. The molecule has 19 heavy (non-hydrogen) atoms. The zero-order valence-corrected chi connectivity index (χ0v) is 14.6. The van der Waals surface area contributed by atoms with Gasteiger partial charge in [0.2, 0.25) is 0 Å². The van der Waals surface area contributed by atoms with Crippen LogP contribution in [0, 0.1) is 5.92 Å². The minimum Gasteiger partial charge on any atom is -0.367 e. The molecule has 1 aliphatic rings. The second kappa shape index (κ2) is 8.75. The van der Waals surface area contributed by atoms with Crippen LogP contribution in [-0.4, -0.2) is 12.2 Å². The van der Waals surface area contributed by atoms with Crippen molar-refractivity contribution in [1.82, 2.24) is 0 Å². The van der Waals surface area contributed by atoms with E-state index in [2.05, 4.69) is 84.7 Å². The molecule has 1 aliphatic heterocycles. The van der Waals surface area contributed by atoms with Gasteiger partial charge in [0, 0.05) is 0 Å². The average Bonchev–Trinajstić information content (AvgIpc) is 2.36. The normalized spacial score (nSPS) is 27.0. The van der Waals surface area contributed by atoms with Crippen molar-refractivity contribution in [1.29, 1.82) is 0 Å². The van der Waals surface area contributed by atoms with Gasteiger partial charge in [0.25, 0.3) is 0 Å². The Morgan fingerprint density at radius 3 is 2.84 bits per heavy atom. The molecule has 0 radical (unpaired) electrons. The molecule has 0 bridgehead atoms. The van der Waals surface area contributed by atoms with Gasteiger partial charge < -0.3 is 4.74 Å². The highest BCUT2D eigenvalue weighted by Crippen LogP contribution is 2.17. The summed E-state index contributed by atoms with van der Waals surface area (Å²) >= 11 is 2.31. The van der Waals surface area contributed by atoms with Crippen LogP contribution in [0.25, 0.3) is 0 Å². The molecule has 3 atom stereocenters. The zero-order valence-electron chi connectivity index (χ0n) is 12.4. The van der Waals surface area contributed by atoms with E-state index in [9.17, 15) is 0 Å². The summed E-state index contributed by atoms with van der Waals surface area (Å²) in [5.74, 6) is 0.585. The maximum Gasteiger partial charge on any atom is 0.0801 e. The molecule has 0 saturated heterocycles. The largest absolute Gasteiger partial charge is 0.367 e. The van der Waals surface area contributed by atoms with Crippen molar-refractivity contribution in [2.24, 2.45) is 5.92 Å². The minimum absolute atomic E-state index is 0.231. The average molecular weight is 372 g/mol. The van der Waals surface area contributed by atoms with Crippen molar-refractivity contribution in [2.45, 2.75) is 52.7 Å². The fraction of sp³-hybridized carbons (Fsp3) is 0.529. The maximum absolute atomic E-state index is 5.81. The van der Waals surface area contributed by atoms with Gasteiger partial charge in [0.15, 0.2) is 0 Å². The van der Waals surface area contributed by atoms with Crippen molar-refractivity contribution >= 4 is 22.6 Å². The molecule has 1 nitrogen and oxygen atoms in total. The summed E-state index contributed by atoms with van der Waals surface area (Å²) in [7, 11) is 0. The van der Waals surface area contributed by atoms with Crippen molar-refractivity contribution in [3.8, 4) is 0 Å². The molecule has 0 aromatic heterocycles. The molecule has 0 fully saturated rings. The molecule has 2 heteroatoms. The lowest BCUT2D eigenvalue weighted by atomic mass is 10.00. The van der Waals surface area contributed by atoms with Crippen LogP contribution in [0.3, 0.4) is 0 Å². The number of rotatable bonds is 5. The Morgan fingerprint density at radius 2 is 2.21 bits per heavy atom. The van der Waals surface area contributed by atoms with Gasteiger partial charge in [0.05, 0.1) is 12.2 Å². The van der Waals surface area contributed by atoms with Gasteiger partial charge in [-0.05, 0) is 43.6 Å². The number of halogens is 1. The van der Waals surface area contributed by atoms with Gasteiger partial charge in [-0.25, -0.2) is 0 Å². The van der Waals surface area contributed by atoms with Gasteiger partial charge in [0.1, 0.15) is 0 Å². The van der Waals surface area contributed by atoms with Gasteiger partial charge in [-0.15, -0.1) is 0 Å². The third kappa shape index (κ3) is 7.11. The van der Waals surface area contributed by atoms with Crippen LogP contribution in [-0.2, 0) is 4.74 Å². The predicted octanol–water partition coefficient (Wildman–Crippen LogP) is 5.59. The first-order valence-corrected chi connectivity index (χ1v) is 8.20. The fourth-order valence-electron chi connectivity index (χ4n) is 2.28. The van der Waals surface area contributed by atoms with Gasteiger partial charge in [-0.1, -0.05) is 71.0 Å². The van der Waals surface area contributed by atoms with E-state index in [1.165, 1.54) is 11.1 Å². The summed E-state index contributed by atoms with van der Waals surface area (Å²) in [5.41, 5.74) is 2.76. The molecule has 0 N–H and O–H groups in total. The van der Waals surface area contributed by atoms with Crippen molar-refractivity contribution in [3.63, 3.8) is 0 Å². The lowest BCUT2D eigenvalue weighted by Gasteiger charge is -2.20. The van der Waals surface area contributed by atoms with Crippen LogP contribution < -0.4 is 0 Å². The number of ether oxygens (including phenoxy) is 1. The van der Waals surface area contributed by atoms with Crippen LogP contribution >= 0.6 is 22.6 Å². The molecule has 0 aromatic carbocycles. The Hall–Kier alpha value is -0.350. The van der Waals surface area contributed by atoms with Crippen molar-refractivity contribution in [3.05, 3.63) is 45.6 Å². The van der Waals surface area contributed by atoms with Crippen LogP contribution in [0.4, 0.5) is 0 Å². The first kappa shape index (κ1) is 16.7. The molecule has 0 spiro atoms. The first-order valence-electron chi connectivity index (χ1n) is 6.96. The summed E-state index contributed by atoms with van der Waals surface area (Å²) in [6, 6.07) is 0. The summed E-state index contributed by atoms with van der Waals surface area (Å²) in [4.78, 5) is 0. The van der Waals surface area contributed by atoms with Crippen LogP contribution in [0.5, 0.6) is 0 Å². The molecular weight excluding hydrogens is 347 g/mol.